The Labute approximate surface area is 101 Å². The Morgan fingerprint density at radius 1 is 1.53 bits per heavy atom. The zero-order valence-electron chi connectivity index (χ0n) is 10.2. The average molecular weight is 256 g/mol. The summed E-state index contributed by atoms with van der Waals surface area (Å²) in [5.41, 5.74) is 1.09. The molecule has 94 valence electrons. The van der Waals surface area contributed by atoms with E-state index in [2.05, 4.69) is 16.5 Å². The van der Waals surface area contributed by atoms with Crippen molar-refractivity contribution < 1.29 is 8.42 Å². The number of rotatable bonds is 5. The van der Waals surface area contributed by atoms with Gasteiger partial charge in [-0.3, -0.25) is 4.68 Å². The van der Waals surface area contributed by atoms with Crippen LogP contribution in [-0.4, -0.2) is 36.2 Å². The smallest absolute Gasteiger partial charge is 0.151 e. The molecule has 0 radical (unpaired) electrons. The SMILES string of the molecule is CCS(=O)(=O)CCNc1c(C#N)c(C)nn1C. The number of sulfone groups is 1. The Morgan fingerprint density at radius 3 is 2.71 bits per heavy atom. The van der Waals surface area contributed by atoms with Gasteiger partial charge in [-0.05, 0) is 6.92 Å². The van der Waals surface area contributed by atoms with Gasteiger partial charge in [-0.2, -0.15) is 10.4 Å². The second-order valence-electron chi connectivity index (χ2n) is 3.71. The highest BCUT2D eigenvalue weighted by Gasteiger charge is 2.13. The first kappa shape index (κ1) is 13.5. The highest BCUT2D eigenvalue weighted by atomic mass is 32.2. The Kier molecular flexibility index (Phi) is 4.12. The van der Waals surface area contributed by atoms with Gasteiger partial charge in [0.2, 0.25) is 0 Å². The van der Waals surface area contributed by atoms with Crippen molar-refractivity contribution in [1.29, 1.82) is 5.26 Å². The summed E-state index contributed by atoms with van der Waals surface area (Å²) in [5, 5.41) is 16.0. The lowest BCUT2D eigenvalue weighted by Gasteiger charge is -2.06. The summed E-state index contributed by atoms with van der Waals surface area (Å²) in [6.45, 7) is 3.64. The van der Waals surface area contributed by atoms with Gasteiger partial charge in [-0.1, -0.05) is 6.92 Å². The fourth-order valence-electron chi connectivity index (χ4n) is 1.46. The van der Waals surface area contributed by atoms with Crippen LogP contribution < -0.4 is 5.32 Å². The molecule has 0 aliphatic heterocycles. The van der Waals surface area contributed by atoms with Crippen LogP contribution in [0.15, 0.2) is 0 Å². The zero-order valence-corrected chi connectivity index (χ0v) is 11.0. The molecule has 0 aromatic carbocycles. The van der Waals surface area contributed by atoms with E-state index in [9.17, 15) is 8.42 Å². The molecule has 0 unspecified atom stereocenters. The van der Waals surface area contributed by atoms with Crippen LogP contribution >= 0.6 is 0 Å². The summed E-state index contributed by atoms with van der Waals surface area (Å²) in [6, 6.07) is 2.05. The molecule has 1 rings (SSSR count). The van der Waals surface area contributed by atoms with Crippen LogP contribution in [0.5, 0.6) is 0 Å². The second kappa shape index (κ2) is 5.19. The van der Waals surface area contributed by atoms with E-state index in [4.69, 9.17) is 5.26 Å². The van der Waals surface area contributed by atoms with Crippen molar-refractivity contribution in [2.45, 2.75) is 13.8 Å². The van der Waals surface area contributed by atoms with Crippen LogP contribution in [0.1, 0.15) is 18.2 Å². The van der Waals surface area contributed by atoms with Crippen molar-refractivity contribution in [3.63, 3.8) is 0 Å². The fraction of sp³-hybridized carbons (Fsp3) is 0.600. The molecule has 0 bridgehead atoms. The van der Waals surface area contributed by atoms with E-state index in [0.717, 1.165) is 0 Å². The van der Waals surface area contributed by atoms with E-state index in [1.54, 1.807) is 25.6 Å². The van der Waals surface area contributed by atoms with Gasteiger partial charge in [0.05, 0.1) is 11.4 Å². The van der Waals surface area contributed by atoms with Gasteiger partial charge in [0.1, 0.15) is 17.5 Å². The summed E-state index contributed by atoms with van der Waals surface area (Å²) in [7, 11) is -1.28. The topological polar surface area (TPSA) is 87.8 Å². The van der Waals surface area contributed by atoms with Crippen LogP contribution in [0.4, 0.5) is 5.82 Å². The number of nitrogens with one attached hydrogen (secondary N) is 1. The quantitative estimate of drug-likeness (QED) is 0.826. The van der Waals surface area contributed by atoms with Gasteiger partial charge in [0, 0.05) is 19.3 Å². The predicted octanol–water partition coefficient (Wildman–Crippen LogP) is 0.447. The molecule has 7 heteroatoms. The van der Waals surface area contributed by atoms with E-state index in [-0.39, 0.29) is 18.1 Å². The molecule has 1 N–H and O–H groups in total. The minimum absolute atomic E-state index is 0.0542. The molecule has 1 aromatic rings. The molecule has 0 atom stereocenters. The monoisotopic (exact) mass is 256 g/mol. The molecule has 0 saturated carbocycles. The summed E-state index contributed by atoms with van der Waals surface area (Å²) in [5.74, 6) is 0.749. The Morgan fingerprint density at radius 2 is 2.18 bits per heavy atom. The largest absolute Gasteiger partial charge is 0.368 e. The maximum atomic E-state index is 11.3. The van der Waals surface area contributed by atoms with Gasteiger partial charge >= 0.3 is 0 Å². The van der Waals surface area contributed by atoms with E-state index >= 15 is 0 Å². The lowest BCUT2D eigenvalue weighted by molar-refractivity contribution is 0.597. The molecule has 1 heterocycles. The van der Waals surface area contributed by atoms with Gasteiger partial charge in [-0.15, -0.1) is 0 Å². The third-order valence-electron chi connectivity index (χ3n) is 2.48. The molecule has 0 spiro atoms. The number of hydrogen-bond acceptors (Lipinski definition) is 5. The van der Waals surface area contributed by atoms with Crippen molar-refractivity contribution in [1.82, 2.24) is 9.78 Å². The van der Waals surface area contributed by atoms with Crippen LogP contribution in [0, 0.1) is 18.3 Å². The van der Waals surface area contributed by atoms with Crippen molar-refractivity contribution in [3.8, 4) is 6.07 Å². The molecular formula is C10H16N4O2S. The number of hydrogen-bond donors (Lipinski definition) is 1. The lowest BCUT2D eigenvalue weighted by atomic mass is 10.2. The van der Waals surface area contributed by atoms with E-state index in [0.29, 0.717) is 17.1 Å². The standard InChI is InChI=1S/C10H16N4O2S/c1-4-17(15,16)6-5-12-10-9(7-11)8(2)13-14(10)3/h12H,4-6H2,1-3H3. The van der Waals surface area contributed by atoms with Crippen LogP contribution in [0.2, 0.25) is 0 Å². The third kappa shape index (κ3) is 3.20. The highest BCUT2D eigenvalue weighted by molar-refractivity contribution is 7.91. The summed E-state index contributed by atoms with van der Waals surface area (Å²) in [6.07, 6.45) is 0. The molecule has 17 heavy (non-hydrogen) atoms. The summed E-state index contributed by atoms with van der Waals surface area (Å²) < 4.78 is 24.2. The molecule has 0 fully saturated rings. The molecule has 6 nitrogen and oxygen atoms in total. The maximum Gasteiger partial charge on any atom is 0.151 e. The highest BCUT2D eigenvalue weighted by Crippen LogP contribution is 2.16. The number of nitrogens with zero attached hydrogens (tertiary/aromatic N) is 3. The molecule has 0 saturated heterocycles. The molecule has 0 amide bonds. The Bertz CT molecular complexity index is 539. The maximum absolute atomic E-state index is 11.3. The van der Waals surface area contributed by atoms with Gasteiger partial charge in [0.15, 0.2) is 9.84 Å². The van der Waals surface area contributed by atoms with E-state index < -0.39 is 9.84 Å². The Hall–Kier alpha value is -1.55. The lowest BCUT2D eigenvalue weighted by Crippen LogP contribution is -2.18. The van der Waals surface area contributed by atoms with Crippen molar-refractivity contribution >= 4 is 15.7 Å². The summed E-state index contributed by atoms with van der Waals surface area (Å²) >= 11 is 0. The number of aromatic nitrogens is 2. The minimum Gasteiger partial charge on any atom is -0.368 e. The molecular weight excluding hydrogens is 240 g/mol. The number of aryl methyl sites for hydroxylation is 2. The molecule has 1 aromatic heterocycles. The fourth-order valence-corrected chi connectivity index (χ4v) is 2.17. The Balaban J connectivity index is 2.74. The first-order valence-electron chi connectivity index (χ1n) is 5.29. The average Bonchev–Trinajstić information content (AvgIpc) is 2.53. The third-order valence-corrected chi connectivity index (χ3v) is 4.19. The predicted molar refractivity (Wildman–Crippen MR) is 65.5 cm³/mol. The van der Waals surface area contributed by atoms with Gasteiger partial charge in [-0.25, -0.2) is 8.42 Å². The van der Waals surface area contributed by atoms with Gasteiger partial charge in [0.25, 0.3) is 0 Å². The minimum atomic E-state index is -2.99. The molecule has 0 aliphatic carbocycles. The second-order valence-corrected chi connectivity index (χ2v) is 6.18. The van der Waals surface area contributed by atoms with Crippen molar-refractivity contribution in [2.75, 3.05) is 23.4 Å². The van der Waals surface area contributed by atoms with Crippen LogP contribution in [0.25, 0.3) is 0 Å². The normalized spacial score (nSPS) is 11.2. The van der Waals surface area contributed by atoms with Crippen molar-refractivity contribution in [2.24, 2.45) is 7.05 Å². The van der Waals surface area contributed by atoms with E-state index in [1.807, 2.05) is 0 Å². The number of nitriles is 1. The first-order chi connectivity index (χ1) is 7.91. The summed E-state index contributed by atoms with van der Waals surface area (Å²) in [4.78, 5) is 0. The van der Waals surface area contributed by atoms with Gasteiger partial charge < -0.3 is 5.32 Å². The number of anilines is 1. The molecule has 0 aliphatic rings. The van der Waals surface area contributed by atoms with E-state index in [1.165, 1.54) is 0 Å². The first-order valence-corrected chi connectivity index (χ1v) is 7.11. The zero-order chi connectivity index (χ0) is 13.1. The van der Waals surface area contributed by atoms with Crippen molar-refractivity contribution in [3.05, 3.63) is 11.3 Å². The van der Waals surface area contributed by atoms with Crippen LogP contribution in [-0.2, 0) is 16.9 Å². The van der Waals surface area contributed by atoms with Crippen LogP contribution in [0.3, 0.4) is 0 Å².